The van der Waals surface area contributed by atoms with E-state index in [1.165, 1.54) is 35.2 Å². The van der Waals surface area contributed by atoms with Crippen LogP contribution in [0.25, 0.3) is 11.3 Å². The van der Waals surface area contributed by atoms with Crippen molar-refractivity contribution in [3.8, 4) is 11.3 Å². The van der Waals surface area contributed by atoms with Crippen LogP contribution in [0.5, 0.6) is 0 Å². The number of thioether (sulfide) groups is 1. The summed E-state index contributed by atoms with van der Waals surface area (Å²) in [6, 6.07) is 12.3. The molecule has 1 amide bonds. The molecule has 0 radical (unpaired) electrons. The number of carbonyl (C=O) groups is 1. The topological polar surface area (TPSA) is 88.4 Å². The van der Waals surface area contributed by atoms with Gasteiger partial charge in [0.15, 0.2) is 4.34 Å². The zero-order valence-corrected chi connectivity index (χ0v) is 22.1. The van der Waals surface area contributed by atoms with E-state index in [2.05, 4.69) is 15.2 Å². The Labute approximate surface area is 222 Å². The molecule has 3 aromatic rings. The second-order valence-corrected chi connectivity index (χ2v) is 11.6. The average Bonchev–Trinajstić information content (AvgIpc) is 3.31. The molecule has 1 aliphatic heterocycles. The van der Waals surface area contributed by atoms with Gasteiger partial charge in [0.25, 0.3) is 5.69 Å². The number of carbonyl (C=O) groups excluding carboxylic acids is 1. The lowest BCUT2D eigenvalue weighted by Gasteiger charge is -2.32. The van der Waals surface area contributed by atoms with Crippen molar-refractivity contribution in [2.45, 2.75) is 41.9 Å². The molecule has 1 fully saturated rings. The van der Waals surface area contributed by atoms with Gasteiger partial charge in [-0.15, -0.1) is 11.3 Å². The van der Waals surface area contributed by atoms with Crippen molar-refractivity contribution in [2.75, 3.05) is 13.1 Å². The number of non-ortho nitro benzene ring substituents is 1. The van der Waals surface area contributed by atoms with E-state index < -0.39 is 4.92 Å². The molecule has 4 rings (SSSR count). The molecule has 1 unspecified atom stereocenters. The molecule has 0 spiro atoms. The first-order chi connectivity index (χ1) is 16.8. The zero-order valence-electron chi connectivity index (χ0n) is 18.9. The standard InChI is InChI=1S/C24H24Cl2N4O3S2/c1-15(35-24-28-22(14-34-24)17-3-2-4-19(12-17)30(32)33)23(31)27-18-7-9-29(10-8-18)13-16-5-6-20(25)21(26)11-16/h2-6,11-12,14-15,18H,7-10,13H2,1H3,(H,27,31). The van der Waals surface area contributed by atoms with Crippen LogP contribution in [-0.4, -0.2) is 45.1 Å². The van der Waals surface area contributed by atoms with Crippen LogP contribution in [0.4, 0.5) is 5.69 Å². The minimum atomic E-state index is -0.421. The third kappa shape index (κ3) is 6.95. The Morgan fingerprint density at radius 2 is 2.03 bits per heavy atom. The number of nitro groups is 1. The number of aromatic nitrogens is 1. The van der Waals surface area contributed by atoms with Gasteiger partial charge in [0, 0.05) is 48.8 Å². The lowest BCUT2D eigenvalue weighted by molar-refractivity contribution is -0.384. The number of nitrogens with zero attached hydrogens (tertiary/aromatic N) is 3. The smallest absolute Gasteiger partial charge is 0.270 e. The van der Waals surface area contributed by atoms with Gasteiger partial charge in [-0.1, -0.05) is 53.2 Å². The maximum absolute atomic E-state index is 12.8. The molecule has 2 aromatic carbocycles. The summed E-state index contributed by atoms with van der Waals surface area (Å²) in [6.07, 6.45) is 1.78. The fraction of sp³-hybridized carbons (Fsp3) is 0.333. The highest BCUT2D eigenvalue weighted by atomic mass is 35.5. The minimum absolute atomic E-state index is 0.00923. The predicted octanol–water partition coefficient (Wildman–Crippen LogP) is 6.29. The Hall–Kier alpha value is -2.17. The van der Waals surface area contributed by atoms with Crippen molar-refractivity contribution in [2.24, 2.45) is 0 Å². The van der Waals surface area contributed by atoms with Crippen LogP contribution < -0.4 is 5.32 Å². The third-order valence-corrected chi connectivity index (χ3v) is 8.62. The first-order valence-electron chi connectivity index (χ1n) is 11.1. The summed E-state index contributed by atoms with van der Waals surface area (Å²) in [5.74, 6) is -0.00923. The number of rotatable bonds is 8. The Morgan fingerprint density at radius 1 is 1.26 bits per heavy atom. The van der Waals surface area contributed by atoms with E-state index in [4.69, 9.17) is 23.2 Å². The van der Waals surface area contributed by atoms with E-state index in [0.29, 0.717) is 21.3 Å². The fourth-order valence-electron chi connectivity index (χ4n) is 3.88. The van der Waals surface area contributed by atoms with E-state index >= 15 is 0 Å². The van der Waals surface area contributed by atoms with Gasteiger partial charge in [0.05, 0.1) is 25.9 Å². The van der Waals surface area contributed by atoms with Crippen LogP contribution in [0, 0.1) is 10.1 Å². The molecule has 1 aliphatic rings. The molecule has 0 saturated carbocycles. The van der Waals surface area contributed by atoms with Crippen molar-refractivity contribution in [1.29, 1.82) is 0 Å². The highest BCUT2D eigenvalue weighted by Crippen LogP contribution is 2.32. The quantitative estimate of drug-likeness (QED) is 0.201. The number of halogens is 2. The van der Waals surface area contributed by atoms with Crippen molar-refractivity contribution < 1.29 is 9.72 Å². The van der Waals surface area contributed by atoms with E-state index in [1.807, 2.05) is 30.5 Å². The number of likely N-dealkylation sites (tertiary alicyclic amines) is 1. The van der Waals surface area contributed by atoms with Gasteiger partial charge in [-0.25, -0.2) is 4.98 Å². The molecule has 11 heteroatoms. The second-order valence-electron chi connectivity index (χ2n) is 8.37. The first kappa shape index (κ1) is 25.9. The van der Waals surface area contributed by atoms with Crippen LogP contribution in [0.1, 0.15) is 25.3 Å². The Morgan fingerprint density at radius 3 is 2.74 bits per heavy atom. The normalized spacial score (nSPS) is 15.6. The molecule has 1 N–H and O–H groups in total. The summed E-state index contributed by atoms with van der Waals surface area (Å²) in [7, 11) is 0. The lowest BCUT2D eigenvalue weighted by Crippen LogP contribution is -2.46. The van der Waals surface area contributed by atoms with E-state index in [0.717, 1.165) is 42.4 Å². The fourth-order valence-corrected chi connectivity index (χ4v) is 6.18. The van der Waals surface area contributed by atoms with Crippen LogP contribution in [0.3, 0.4) is 0 Å². The number of thiazole rings is 1. The molecule has 184 valence electrons. The molecular weight excluding hydrogens is 527 g/mol. The van der Waals surface area contributed by atoms with Crippen LogP contribution in [-0.2, 0) is 11.3 Å². The van der Waals surface area contributed by atoms with Gasteiger partial charge >= 0.3 is 0 Å². The predicted molar refractivity (Wildman–Crippen MR) is 142 cm³/mol. The van der Waals surface area contributed by atoms with E-state index in [1.54, 1.807) is 12.1 Å². The summed E-state index contributed by atoms with van der Waals surface area (Å²) in [6.45, 7) is 4.46. The molecule has 1 aromatic heterocycles. The Kier molecular flexibility index (Phi) is 8.67. The zero-order chi connectivity index (χ0) is 24.9. The third-order valence-electron chi connectivity index (χ3n) is 5.81. The highest BCUT2D eigenvalue weighted by Gasteiger charge is 2.24. The second kappa shape index (κ2) is 11.7. The SMILES string of the molecule is CC(Sc1nc(-c2cccc([N+](=O)[O-])c2)cs1)C(=O)NC1CCN(Cc2ccc(Cl)c(Cl)c2)CC1. The number of piperidine rings is 1. The van der Waals surface area contributed by atoms with Crippen LogP contribution in [0.2, 0.25) is 10.0 Å². The Bertz CT molecular complexity index is 1210. The summed E-state index contributed by atoms with van der Waals surface area (Å²) < 4.78 is 0.755. The summed E-state index contributed by atoms with van der Waals surface area (Å²) in [4.78, 5) is 30.3. The molecule has 2 heterocycles. The van der Waals surface area contributed by atoms with Crippen LogP contribution in [0.15, 0.2) is 52.2 Å². The van der Waals surface area contributed by atoms with Crippen molar-refractivity contribution in [3.63, 3.8) is 0 Å². The van der Waals surface area contributed by atoms with Crippen molar-refractivity contribution in [1.82, 2.24) is 15.2 Å². The Balaban J connectivity index is 1.25. The largest absolute Gasteiger partial charge is 0.352 e. The van der Waals surface area contributed by atoms with Gasteiger partial charge in [-0.3, -0.25) is 19.8 Å². The molecule has 0 aliphatic carbocycles. The van der Waals surface area contributed by atoms with Crippen molar-refractivity contribution in [3.05, 3.63) is 73.6 Å². The molecule has 1 saturated heterocycles. The molecular formula is C24H24Cl2N4O3S2. The number of nitrogens with one attached hydrogen (secondary N) is 1. The molecule has 7 nitrogen and oxygen atoms in total. The van der Waals surface area contributed by atoms with Gasteiger partial charge in [-0.05, 0) is 37.5 Å². The number of nitro benzene ring substituents is 1. The maximum Gasteiger partial charge on any atom is 0.270 e. The van der Waals surface area contributed by atoms with E-state index in [9.17, 15) is 14.9 Å². The number of hydrogen-bond donors (Lipinski definition) is 1. The number of amides is 1. The van der Waals surface area contributed by atoms with Gasteiger partial charge in [0.1, 0.15) is 0 Å². The summed E-state index contributed by atoms with van der Waals surface area (Å²) >= 11 is 15.0. The molecule has 1 atom stereocenters. The van der Waals surface area contributed by atoms with Gasteiger partial charge < -0.3 is 5.32 Å². The van der Waals surface area contributed by atoms with E-state index in [-0.39, 0.29) is 22.9 Å². The number of benzene rings is 2. The highest BCUT2D eigenvalue weighted by molar-refractivity contribution is 8.02. The van der Waals surface area contributed by atoms with Crippen molar-refractivity contribution >= 4 is 57.9 Å². The summed E-state index contributed by atoms with van der Waals surface area (Å²) in [5, 5.41) is 16.9. The lowest BCUT2D eigenvalue weighted by atomic mass is 10.0. The molecule has 35 heavy (non-hydrogen) atoms. The number of hydrogen-bond acceptors (Lipinski definition) is 7. The van der Waals surface area contributed by atoms with Crippen LogP contribution >= 0.6 is 46.3 Å². The van der Waals surface area contributed by atoms with Gasteiger partial charge in [0.2, 0.25) is 5.91 Å². The minimum Gasteiger partial charge on any atom is -0.352 e. The monoisotopic (exact) mass is 550 g/mol. The maximum atomic E-state index is 12.8. The van der Waals surface area contributed by atoms with Gasteiger partial charge in [-0.2, -0.15) is 0 Å². The first-order valence-corrected chi connectivity index (χ1v) is 13.6. The average molecular weight is 552 g/mol. The summed E-state index contributed by atoms with van der Waals surface area (Å²) in [5.41, 5.74) is 2.51. The molecule has 0 bridgehead atoms.